The summed E-state index contributed by atoms with van der Waals surface area (Å²) in [6.07, 6.45) is 3.88. The van der Waals surface area contributed by atoms with Gasteiger partial charge in [-0.05, 0) is 36.2 Å². The average Bonchev–Trinajstić information content (AvgIpc) is 3.41. The molecule has 28 heavy (non-hydrogen) atoms. The monoisotopic (exact) mass is 371 g/mol. The van der Waals surface area contributed by atoms with Gasteiger partial charge < -0.3 is 10.3 Å². The summed E-state index contributed by atoms with van der Waals surface area (Å²) in [6, 6.07) is 21.1. The number of aromatic amines is 1. The number of imidazole rings is 1. The maximum Gasteiger partial charge on any atom is 0.110 e. The van der Waals surface area contributed by atoms with Crippen LogP contribution >= 0.6 is 0 Å². The Morgan fingerprint density at radius 1 is 1.04 bits per heavy atom. The Kier molecular flexibility index (Phi) is 5.81. The molecule has 0 radical (unpaired) electrons. The van der Waals surface area contributed by atoms with Gasteiger partial charge in [-0.25, -0.2) is 4.98 Å². The summed E-state index contributed by atoms with van der Waals surface area (Å²) in [5.41, 5.74) is 4.32. The zero-order chi connectivity index (χ0) is 19.2. The highest BCUT2D eigenvalue weighted by Crippen LogP contribution is 2.17. The summed E-state index contributed by atoms with van der Waals surface area (Å²) < 4.78 is 0. The summed E-state index contributed by atoms with van der Waals surface area (Å²) in [6.45, 7) is 3.93. The number of benzene rings is 2. The number of nitrogens with one attached hydrogen (secondary N) is 2. The van der Waals surface area contributed by atoms with E-state index in [0.29, 0.717) is 11.6 Å². The number of hydrogen-bond donors (Lipinski definition) is 2. The highest BCUT2D eigenvalue weighted by Gasteiger charge is 2.23. The van der Waals surface area contributed by atoms with E-state index in [1.807, 2.05) is 30.5 Å². The Morgan fingerprint density at radius 3 is 2.57 bits per heavy atom. The molecule has 0 amide bonds. The molecule has 0 aliphatic carbocycles. The molecule has 2 N–H and O–H groups in total. The fourth-order valence-electron chi connectivity index (χ4n) is 3.77. The predicted molar refractivity (Wildman–Crippen MR) is 110 cm³/mol. The van der Waals surface area contributed by atoms with Crippen molar-refractivity contribution in [3.05, 3.63) is 89.0 Å². The van der Waals surface area contributed by atoms with Gasteiger partial charge in [0, 0.05) is 44.0 Å². The van der Waals surface area contributed by atoms with Crippen molar-refractivity contribution >= 4 is 0 Å². The standard InChI is InChI=1S/C23H25N5/c24-13-19-8-6-18(7-9-19)12-23-26-14-21(27-23)17-28(22-10-11-25-15-22)16-20-4-2-1-3-5-20/h1-9,14,22,25H,10-12,15-17H2,(H,26,27). The second-order valence-corrected chi connectivity index (χ2v) is 7.38. The molecule has 1 aliphatic rings. The molecule has 1 fully saturated rings. The van der Waals surface area contributed by atoms with E-state index in [4.69, 9.17) is 5.26 Å². The highest BCUT2D eigenvalue weighted by atomic mass is 15.2. The third-order valence-electron chi connectivity index (χ3n) is 5.29. The number of aromatic nitrogens is 2. The molecule has 2 aromatic carbocycles. The number of rotatable bonds is 7. The third-order valence-corrected chi connectivity index (χ3v) is 5.29. The lowest BCUT2D eigenvalue weighted by Crippen LogP contribution is -2.36. The van der Waals surface area contributed by atoms with Gasteiger partial charge in [-0.3, -0.25) is 4.90 Å². The van der Waals surface area contributed by atoms with Gasteiger partial charge >= 0.3 is 0 Å². The Morgan fingerprint density at radius 2 is 1.86 bits per heavy atom. The van der Waals surface area contributed by atoms with Crippen LogP contribution in [0, 0.1) is 11.3 Å². The molecule has 2 heterocycles. The van der Waals surface area contributed by atoms with Crippen molar-refractivity contribution in [2.75, 3.05) is 13.1 Å². The van der Waals surface area contributed by atoms with E-state index in [0.717, 1.165) is 49.7 Å². The molecular weight excluding hydrogens is 346 g/mol. The second kappa shape index (κ2) is 8.83. The zero-order valence-corrected chi connectivity index (χ0v) is 15.9. The van der Waals surface area contributed by atoms with Crippen molar-refractivity contribution in [2.45, 2.75) is 32.0 Å². The Hall–Kier alpha value is -2.94. The van der Waals surface area contributed by atoms with Crippen molar-refractivity contribution in [2.24, 2.45) is 0 Å². The predicted octanol–water partition coefficient (Wildman–Crippen LogP) is 3.24. The topological polar surface area (TPSA) is 67.7 Å². The molecule has 5 heteroatoms. The molecular formula is C23H25N5. The lowest BCUT2D eigenvalue weighted by molar-refractivity contribution is 0.188. The fourth-order valence-corrected chi connectivity index (χ4v) is 3.77. The number of hydrogen-bond acceptors (Lipinski definition) is 4. The smallest absolute Gasteiger partial charge is 0.110 e. The first-order chi connectivity index (χ1) is 13.8. The fraction of sp³-hybridized carbons (Fsp3) is 0.304. The SMILES string of the molecule is N#Cc1ccc(Cc2ncc(CN(Cc3ccccc3)C3CCNC3)[nH]2)cc1. The van der Waals surface area contributed by atoms with E-state index in [1.54, 1.807) is 0 Å². The average molecular weight is 371 g/mol. The molecule has 1 aromatic heterocycles. The van der Waals surface area contributed by atoms with Crippen molar-refractivity contribution in [3.63, 3.8) is 0 Å². The van der Waals surface area contributed by atoms with Gasteiger partial charge in [-0.1, -0.05) is 42.5 Å². The van der Waals surface area contributed by atoms with E-state index < -0.39 is 0 Å². The van der Waals surface area contributed by atoms with Gasteiger partial charge in [0.05, 0.1) is 11.6 Å². The quantitative estimate of drug-likeness (QED) is 0.669. The van der Waals surface area contributed by atoms with Crippen molar-refractivity contribution in [1.82, 2.24) is 20.2 Å². The maximum atomic E-state index is 8.92. The Labute approximate surface area is 166 Å². The summed E-state index contributed by atoms with van der Waals surface area (Å²) in [7, 11) is 0. The molecule has 0 spiro atoms. The summed E-state index contributed by atoms with van der Waals surface area (Å²) in [5.74, 6) is 0.962. The van der Waals surface area contributed by atoms with Crippen LogP contribution in [0.2, 0.25) is 0 Å². The zero-order valence-electron chi connectivity index (χ0n) is 15.9. The molecule has 4 rings (SSSR count). The van der Waals surface area contributed by atoms with Crippen LogP contribution in [0.15, 0.2) is 60.8 Å². The van der Waals surface area contributed by atoms with Crippen LogP contribution in [0.3, 0.4) is 0 Å². The molecule has 1 atom stereocenters. The minimum absolute atomic E-state index is 0.547. The lowest BCUT2D eigenvalue weighted by atomic mass is 10.1. The molecule has 5 nitrogen and oxygen atoms in total. The van der Waals surface area contributed by atoms with Crippen LogP contribution in [0.5, 0.6) is 0 Å². The van der Waals surface area contributed by atoms with Crippen LogP contribution in [0.1, 0.15) is 34.6 Å². The van der Waals surface area contributed by atoms with E-state index in [-0.39, 0.29) is 0 Å². The first kappa shape index (κ1) is 18.4. The first-order valence-corrected chi connectivity index (χ1v) is 9.80. The summed E-state index contributed by atoms with van der Waals surface area (Å²) in [4.78, 5) is 10.6. The van der Waals surface area contributed by atoms with Crippen molar-refractivity contribution in [3.8, 4) is 6.07 Å². The van der Waals surface area contributed by atoms with Crippen molar-refractivity contribution in [1.29, 1.82) is 5.26 Å². The minimum Gasteiger partial charge on any atom is -0.345 e. The van der Waals surface area contributed by atoms with Crippen LogP contribution in [0.25, 0.3) is 0 Å². The van der Waals surface area contributed by atoms with E-state index in [1.165, 1.54) is 12.0 Å². The van der Waals surface area contributed by atoms with E-state index in [2.05, 4.69) is 56.6 Å². The van der Waals surface area contributed by atoms with Gasteiger partial charge in [0.2, 0.25) is 0 Å². The van der Waals surface area contributed by atoms with Crippen LogP contribution in [0.4, 0.5) is 0 Å². The molecule has 1 aliphatic heterocycles. The Balaban J connectivity index is 1.44. The summed E-state index contributed by atoms with van der Waals surface area (Å²) in [5, 5.41) is 12.4. The van der Waals surface area contributed by atoms with Gasteiger partial charge in [-0.2, -0.15) is 5.26 Å². The molecule has 0 saturated carbocycles. The lowest BCUT2D eigenvalue weighted by Gasteiger charge is -2.28. The van der Waals surface area contributed by atoms with E-state index in [9.17, 15) is 0 Å². The van der Waals surface area contributed by atoms with Gasteiger partial charge in [-0.15, -0.1) is 0 Å². The number of nitriles is 1. The molecule has 3 aromatic rings. The number of nitrogens with zero attached hydrogens (tertiary/aromatic N) is 3. The molecule has 1 saturated heterocycles. The minimum atomic E-state index is 0.547. The van der Waals surface area contributed by atoms with Crippen LogP contribution < -0.4 is 5.32 Å². The first-order valence-electron chi connectivity index (χ1n) is 9.80. The largest absolute Gasteiger partial charge is 0.345 e. The van der Waals surface area contributed by atoms with Gasteiger partial charge in [0.15, 0.2) is 0 Å². The van der Waals surface area contributed by atoms with Gasteiger partial charge in [0.25, 0.3) is 0 Å². The Bertz CT molecular complexity index is 918. The van der Waals surface area contributed by atoms with E-state index >= 15 is 0 Å². The second-order valence-electron chi connectivity index (χ2n) is 7.38. The third kappa shape index (κ3) is 4.66. The molecule has 142 valence electrons. The maximum absolute atomic E-state index is 8.92. The summed E-state index contributed by atoms with van der Waals surface area (Å²) >= 11 is 0. The van der Waals surface area contributed by atoms with Gasteiger partial charge in [0.1, 0.15) is 5.82 Å². The highest BCUT2D eigenvalue weighted by molar-refractivity contribution is 5.32. The normalized spacial score (nSPS) is 16.4. The molecule has 0 bridgehead atoms. The molecule has 1 unspecified atom stereocenters. The number of H-pyrrole nitrogens is 1. The van der Waals surface area contributed by atoms with Crippen LogP contribution in [-0.4, -0.2) is 34.0 Å². The van der Waals surface area contributed by atoms with Crippen molar-refractivity contribution < 1.29 is 0 Å². The van der Waals surface area contributed by atoms with Crippen LogP contribution in [-0.2, 0) is 19.5 Å².